The maximum absolute atomic E-state index is 14.3. The van der Waals surface area contributed by atoms with E-state index < -0.39 is 23.5 Å². The van der Waals surface area contributed by atoms with Crippen molar-refractivity contribution in [1.82, 2.24) is 19.9 Å². The molecule has 3 N–H and O–H groups in total. The Balaban J connectivity index is 1.51. The zero-order valence-electron chi connectivity index (χ0n) is 19.8. The van der Waals surface area contributed by atoms with E-state index in [0.717, 1.165) is 37.3 Å². The molecular weight excluding hydrogens is 464 g/mol. The molecule has 0 bridgehead atoms. The number of nitrogens with one attached hydrogen (secondary N) is 2. The highest BCUT2D eigenvalue weighted by molar-refractivity contribution is 5.94. The van der Waals surface area contributed by atoms with Crippen molar-refractivity contribution in [1.29, 1.82) is 0 Å². The Morgan fingerprint density at radius 3 is 2.72 bits per heavy atom. The number of rotatable bonds is 7. The Kier molecular flexibility index (Phi) is 6.63. The monoisotopic (exact) mass is 491 g/mol. The van der Waals surface area contributed by atoms with E-state index in [1.165, 1.54) is 6.07 Å². The molecule has 5 rings (SSSR count). The van der Waals surface area contributed by atoms with Crippen LogP contribution in [0.5, 0.6) is 0 Å². The number of nitrogens with zero attached hydrogens (tertiary/aromatic N) is 3. The van der Waals surface area contributed by atoms with Crippen LogP contribution in [0.25, 0.3) is 33.5 Å². The Labute approximate surface area is 207 Å². The molecular formula is C27H27F2N5O2. The number of hydrogen-bond acceptors (Lipinski definition) is 5. The predicted octanol–water partition coefficient (Wildman–Crippen LogP) is 5.90. The number of anilines is 1. The lowest BCUT2D eigenvalue weighted by Crippen LogP contribution is -2.32. The SMILES string of the molecule is CC1CCC([C@@H](CNc2cc(-c3cccnc3)nc(-c3c[nH]c4c(F)cc(F)cc34)n2)C(=O)O)CC1. The Morgan fingerprint density at radius 2 is 2.00 bits per heavy atom. The summed E-state index contributed by atoms with van der Waals surface area (Å²) in [5.74, 6) is -1.36. The first kappa shape index (κ1) is 23.8. The number of carboxylic acid groups (broad SMARTS) is 1. The van der Waals surface area contributed by atoms with Gasteiger partial charge in [0.1, 0.15) is 17.5 Å². The fraction of sp³-hybridized carbons (Fsp3) is 0.333. The molecule has 1 saturated carbocycles. The summed E-state index contributed by atoms with van der Waals surface area (Å²) in [6.45, 7) is 2.42. The summed E-state index contributed by atoms with van der Waals surface area (Å²) >= 11 is 0. The van der Waals surface area contributed by atoms with Crippen molar-refractivity contribution in [3.8, 4) is 22.6 Å². The van der Waals surface area contributed by atoms with Crippen LogP contribution in [0.2, 0.25) is 0 Å². The lowest BCUT2D eigenvalue weighted by molar-refractivity contribution is -0.143. The van der Waals surface area contributed by atoms with E-state index in [9.17, 15) is 18.7 Å². The van der Waals surface area contributed by atoms with Gasteiger partial charge in [0, 0.05) is 53.8 Å². The molecule has 4 aromatic rings. The summed E-state index contributed by atoms with van der Waals surface area (Å²) in [7, 11) is 0. The van der Waals surface area contributed by atoms with Gasteiger partial charge in [0.25, 0.3) is 0 Å². The molecule has 3 heterocycles. The van der Waals surface area contributed by atoms with E-state index in [-0.39, 0.29) is 23.8 Å². The Morgan fingerprint density at radius 1 is 1.19 bits per heavy atom. The first-order chi connectivity index (χ1) is 17.4. The maximum Gasteiger partial charge on any atom is 0.308 e. The van der Waals surface area contributed by atoms with Crippen molar-refractivity contribution in [3.63, 3.8) is 0 Å². The van der Waals surface area contributed by atoms with Crippen molar-refractivity contribution < 1.29 is 18.7 Å². The Hall–Kier alpha value is -3.88. The lowest BCUT2D eigenvalue weighted by atomic mass is 9.76. The molecule has 0 unspecified atom stereocenters. The molecule has 1 atom stereocenters. The van der Waals surface area contributed by atoms with Crippen molar-refractivity contribution in [2.45, 2.75) is 32.6 Å². The predicted molar refractivity (Wildman–Crippen MR) is 133 cm³/mol. The van der Waals surface area contributed by atoms with Crippen LogP contribution in [0.3, 0.4) is 0 Å². The summed E-state index contributed by atoms with van der Waals surface area (Å²) in [4.78, 5) is 28.3. The highest BCUT2D eigenvalue weighted by Crippen LogP contribution is 2.34. The van der Waals surface area contributed by atoms with Crippen LogP contribution in [0, 0.1) is 29.4 Å². The smallest absolute Gasteiger partial charge is 0.308 e. The molecule has 7 nitrogen and oxygen atoms in total. The zero-order chi connectivity index (χ0) is 25.2. The van der Waals surface area contributed by atoms with Gasteiger partial charge in [0.2, 0.25) is 0 Å². The number of aromatic nitrogens is 4. The van der Waals surface area contributed by atoms with Crippen molar-refractivity contribution in [3.05, 3.63) is 60.6 Å². The molecule has 36 heavy (non-hydrogen) atoms. The molecule has 0 amide bonds. The van der Waals surface area contributed by atoms with Gasteiger partial charge in [-0.3, -0.25) is 9.78 Å². The van der Waals surface area contributed by atoms with Crippen LogP contribution in [0.15, 0.2) is 48.9 Å². The van der Waals surface area contributed by atoms with Gasteiger partial charge in [-0.05, 0) is 42.9 Å². The molecule has 1 aliphatic rings. The van der Waals surface area contributed by atoms with E-state index in [4.69, 9.17) is 0 Å². The summed E-state index contributed by atoms with van der Waals surface area (Å²) in [6, 6.07) is 7.42. The van der Waals surface area contributed by atoms with E-state index in [1.807, 2.05) is 6.07 Å². The number of aromatic amines is 1. The third kappa shape index (κ3) is 4.91. The van der Waals surface area contributed by atoms with Crippen LogP contribution in [0.4, 0.5) is 14.6 Å². The number of aliphatic carboxylic acids is 1. The quantitative estimate of drug-likeness (QED) is 0.297. The molecule has 0 saturated heterocycles. The van der Waals surface area contributed by atoms with Crippen LogP contribution in [-0.2, 0) is 4.79 Å². The zero-order valence-corrected chi connectivity index (χ0v) is 19.8. The fourth-order valence-electron chi connectivity index (χ4n) is 5.02. The highest BCUT2D eigenvalue weighted by Gasteiger charge is 2.31. The van der Waals surface area contributed by atoms with Gasteiger partial charge < -0.3 is 15.4 Å². The third-order valence-electron chi connectivity index (χ3n) is 7.08. The third-order valence-corrected chi connectivity index (χ3v) is 7.08. The minimum atomic E-state index is -0.827. The topological polar surface area (TPSA) is 104 Å². The van der Waals surface area contributed by atoms with Gasteiger partial charge in [0.05, 0.1) is 17.1 Å². The summed E-state index contributed by atoms with van der Waals surface area (Å²) in [5.41, 5.74) is 1.89. The number of benzene rings is 1. The van der Waals surface area contributed by atoms with Crippen LogP contribution >= 0.6 is 0 Å². The number of carboxylic acids is 1. The second kappa shape index (κ2) is 10.0. The number of H-pyrrole nitrogens is 1. The van der Waals surface area contributed by atoms with Crippen LogP contribution < -0.4 is 5.32 Å². The van der Waals surface area contributed by atoms with Crippen LogP contribution in [0.1, 0.15) is 32.6 Å². The molecule has 0 aliphatic heterocycles. The van der Waals surface area contributed by atoms with E-state index in [2.05, 4.69) is 32.2 Å². The molecule has 186 valence electrons. The highest BCUT2D eigenvalue weighted by atomic mass is 19.1. The molecule has 1 fully saturated rings. The Bertz CT molecular complexity index is 1380. The number of hydrogen-bond donors (Lipinski definition) is 3. The molecule has 1 aliphatic carbocycles. The molecule has 1 aromatic carbocycles. The van der Waals surface area contributed by atoms with E-state index in [1.54, 1.807) is 30.7 Å². The standard InChI is InChI=1S/C27H27F2N5O2/c1-15-4-6-16(7-5-15)20(27(35)36)13-31-24-11-23(17-3-2-8-30-12-17)33-26(34-24)21-14-32-25-19(21)9-18(28)10-22(25)29/h2-3,8-12,14-16,20,32H,4-7,13H2,1H3,(H,35,36)(H,31,33,34)/t15?,16?,20-/m1/s1. The first-order valence-electron chi connectivity index (χ1n) is 12.1. The average Bonchev–Trinajstić information content (AvgIpc) is 3.30. The minimum Gasteiger partial charge on any atom is -0.481 e. The number of halogens is 2. The number of carbonyl (C=O) groups is 1. The van der Waals surface area contributed by atoms with Gasteiger partial charge in [-0.15, -0.1) is 0 Å². The molecule has 9 heteroatoms. The van der Waals surface area contributed by atoms with Gasteiger partial charge in [-0.1, -0.05) is 19.8 Å². The first-order valence-corrected chi connectivity index (χ1v) is 12.1. The number of pyridine rings is 1. The lowest BCUT2D eigenvalue weighted by Gasteiger charge is -2.30. The van der Waals surface area contributed by atoms with Crippen molar-refractivity contribution in [2.75, 3.05) is 11.9 Å². The minimum absolute atomic E-state index is 0.102. The van der Waals surface area contributed by atoms with Gasteiger partial charge in [0.15, 0.2) is 5.82 Å². The van der Waals surface area contributed by atoms with Gasteiger partial charge in [-0.2, -0.15) is 0 Å². The summed E-state index contributed by atoms with van der Waals surface area (Å²) in [5, 5.41) is 13.4. The van der Waals surface area contributed by atoms with Crippen molar-refractivity contribution >= 4 is 22.7 Å². The average molecular weight is 492 g/mol. The van der Waals surface area contributed by atoms with E-state index >= 15 is 0 Å². The van der Waals surface area contributed by atoms with Gasteiger partial charge in [-0.25, -0.2) is 18.7 Å². The number of fused-ring (bicyclic) bond motifs is 1. The molecule has 0 radical (unpaired) electrons. The second-order valence-electron chi connectivity index (χ2n) is 9.56. The summed E-state index contributed by atoms with van der Waals surface area (Å²) in [6.07, 6.45) is 8.70. The molecule has 3 aromatic heterocycles. The fourth-order valence-corrected chi connectivity index (χ4v) is 5.02. The summed E-state index contributed by atoms with van der Waals surface area (Å²) < 4.78 is 28.3. The maximum atomic E-state index is 14.3. The van der Waals surface area contributed by atoms with Crippen molar-refractivity contribution in [2.24, 2.45) is 17.8 Å². The van der Waals surface area contributed by atoms with Gasteiger partial charge >= 0.3 is 5.97 Å². The molecule has 0 spiro atoms. The largest absolute Gasteiger partial charge is 0.481 e. The normalized spacial score (nSPS) is 18.8. The second-order valence-corrected chi connectivity index (χ2v) is 9.56. The van der Waals surface area contributed by atoms with Crippen LogP contribution in [-0.4, -0.2) is 37.6 Å². The van der Waals surface area contributed by atoms with E-state index in [0.29, 0.717) is 28.4 Å².